The van der Waals surface area contributed by atoms with Crippen molar-refractivity contribution in [2.75, 3.05) is 46.4 Å². The Bertz CT molecular complexity index is 1960. The number of carbonyl (C=O) groups is 3. The van der Waals surface area contributed by atoms with Crippen molar-refractivity contribution in [2.45, 2.75) is 78.6 Å². The van der Waals surface area contributed by atoms with E-state index in [1.807, 2.05) is 36.4 Å². The molecule has 2 amide bonds. The van der Waals surface area contributed by atoms with E-state index in [1.54, 1.807) is 53.7 Å². The van der Waals surface area contributed by atoms with Gasteiger partial charge in [-0.05, 0) is 215 Å². The van der Waals surface area contributed by atoms with Gasteiger partial charge in [0, 0.05) is 13.1 Å². The van der Waals surface area contributed by atoms with Crippen LogP contribution in [0.3, 0.4) is 0 Å². The molecule has 0 aliphatic carbocycles. The number of ether oxygens (including phenoxy) is 5. The lowest BCUT2D eigenvalue weighted by Gasteiger charge is -2.21. The van der Waals surface area contributed by atoms with E-state index in [1.165, 1.54) is 0 Å². The Labute approximate surface area is 431 Å². The van der Waals surface area contributed by atoms with Crippen molar-refractivity contribution in [3.63, 3.8) is 0 Å². The number of amidine groups is 1. The maximum atomic E-state index is 12.3. The van der Waals surface area contributed by atoms with Crippen molar-refractivity contribution in [1.82, 2.24) is 21.4 Å². The van der Waals surface area contributed by atoms with E-state index in [-0.39, 0.29) is 25.6 Å². The minimum absolute atomic E-state index is 0.0389. The van der Waals surface area contributed by atoms with Crippen LogP contribution in [0, 0.1) is 14.3 Å². The van der Waals surface area contributed by atoms with Crippen LogP contribution in [0.25, 0.3) is 0 Å². The monoisotopic (exact) mass is 1360 g/mol. The third kappa shape index (κ3) is 25.4. The van der Waals surface area contributed by atoms with Gasteiger partial charge in [-0.25, -0.2) is 14.5 Å². The summed E-state index contributed by atoms with van der Waals surface area (Å²) in [7, 11) is 0. The molecule has 0 aromatic heterocycles. The van der Waals surface area contributed by atoms with E-state index in [9.17, 15) is 14.4 Å². The van der Waals surface area contributed by atoms with Gasteiger partial charge in [-0.1, -0.05) is 12.1 Å². The number of hydroxylamine groups is 1. The summed E-state index contributed by atoms with van der Waals surface area (Å²) in [6, 6.07) is 14.5. The van der Waals surface area contributed by atoms with E-state index in [4.69, 9.17) is 38.6 Å². The van der Waals surface area contributed by atoms with Crippen LogP contribution in [0.1, 0.15) is 65.5 Å². The first kappa shape index (κ1) is 56.8. The lowest BCUT2D eigenvalue weighted by Crippen LogP contribution is -2.41. The molecule has 20 nitrogen and oxygen atoms in total. The fourth-order valence-corrected chi connectivity index (χ4v) is 9.01. The number of amides is 2. The van der Waals surface area contributed by atoms with E-state index < -0.39 is 36.2 Å². The second-order valence-corrected chi connectivity index (χ2v) is 20.0. The molecule has 0 aliphatic rings. The number of carbonyl (C=O) groups excluding carboxylic acids is 2. The second-order valence-electron chi connectivity index (χ2n) is 15.3. The van der Waals surface area contributed by atoms with E-state index in [0.717, 1.165) is 57.1 Å². The number of halogens is 4. The van der Waals surface area contributed by atoms with Gasteiger partial charge in [-0.3, -0.25) is 10.1 Å². The molecule has 24 heteroatoms. The zero-order chi connectivity index (χ0) is 47.8. The van der Waals surface area contributed by atoms with Gasteiger partial charge >= 0.3 is 18.2 Å². The topological polar surface area (TPSA) is 233 Å². The highest BCUT2D eigenvalue weighted by molar-refractivity contribution is 14.1. The minimum atomic E-state index is -0.877. The standard InChI is InChI=1S/C41H53I4N5O15/c1-40(2,3)61-38(53)49-34(50-39(54)62-41(4,5)6)23-47-22-26-9-11-28(12-10-26)56-24-57-58-25-59-64-65-63-48-15-7-13-46-14-8-16-55-36-32(44)20-29(21-33(36)45)60-37-30(42)17-27(18-31(37)43)19-35(51)52/h9-12,17-18,20-21,46-48H,7-8,13-16,19,22-25H2,1-6H3,(H,51,52)(H,49,50,53,54). The molecule has 0 bridgehead atoms. The van der Waals surface area contributed by atoms with Gasteiger partial charge in [0.25, 0.3) is 0 Å². The Balaban J connectivity index is 1.17. The van der Waals surface area contributed by atoms with Gasteiger partial charge in [-0.15, -0.1) is 4.99 Å². The molecule has 0 radical (unpaired) electrons. The summed E-state index contributed by atoms with van der Waals surface area (Å²) in [5, 5.41) is 26.8. The van der Waals surface area contributed by atoms with Crippen molar-refractivity contribution < 1.29 is 72.9 Å². The Morgan fingerprint density at radius 3 is 1.95 bits per heavy atom. The van der Waals surface area contributed by atoms with Crippen LogP contribution in [0.4, 0.5) is 9.59 Å². The molecule has 3 rings (SSSR count). The van der Waals surface area contributed by atoms with Crippen molar-refractivity contribution in [1.29, 1.82) is 0 Å². The number of nitrogens with one attached hydrogen (secondary N) is 4. The molecule has 0 aliphatic heterocycles. The highest BCUT2D eigenvalue weighted by Gasteiger charge is 2.21. The van der Waals surface area contributed by atoms with E-state index >= 15 is 0 Å². The largest absolute Gasteiger partial charge is 0.491 e. The first-order valence-electron chi connectivity index (χ1n) is 19.8. The predicted molar refractivity (Wildman–Crippen MR) is 269 cm³/mol. The third-order valence-electron chi connectivity index (χ3n) is 7.41. The van der Waals surface area contributed by atoms with Gasteiger partial charge in [-0.2, -0.15) is 20.2 Å². The van der Waals surface area contributed by atoms with E-state index in [0.29, 0.717) is 36.9 Å². The number of carboxylic acid groups (broad SMARTS) is 1. The molecule has 0 spiro atoms. The smallest absolute Gasteiger partial charge is 0.435 e. The summed E-state index contributed by atoms with van der Waals surface area (Å²) in [5.41, 5.74) is 2.68. The second kappa shape index (κ2) is 30.1. The number of rotatable bonds is 27. The molecule has 0 saturated carbocycles. The highest BCUT2D eigenvalue weighted by atomic mass is 127. The van der Waals surface area contributed by atoms with Crippen LogP contribution in [0.15, 0.2) is 53.5 Å². The number of benzene rings is 3. The average Bonchev–Trinajstić information content (AvgIpc) is 3.18. The van der Waals surface area contributed by atoms with Gasteiger partial charge in [0.05, 0.1) is 33.9 Å². The summed E-state index contributed by atoms with van der Waals surface area (Å²) in [6.45, 7) is 12.5. The summed E-state index contributed by atoms with van der Waals surface area (Å²) in [4.78, 5) is 58.5. The van der Waals surface area contributed by atoms with Gasteiger partial charge < -0.3 is 39.4 Å². The number of nitrogens with zero attached hydrogens (tertiary/aromatic N) is 1. The first-order chi connectivity index (χ1) is 30.8. The maximum Gasteiger partial charge on any atom is 0.435 e. The molecule has 3 aromatic rings. The minimum Gasteiger partial charge on any atom is -0.491 e. The molecule has 0 heterocycles. The van der Waals surface area contributed by atoms with Crippen LogP contribution < -0.4 is 35.6 Å². The SMILES string of the molecule is CC(C)(C)OC(=O)N=C(CNCc1ccc(OCOOCOOOONCCCNCCCOc2c(I)cc(Oc3c(I)cc(CC(=O)O)cc3I)cc2I)cc1)NC(=O)OC(C)(C)C. The molecule has 0 saturated heterocycles. The van der Waals surface area contributed by atoms with Crippen LogP contribution >= 0.6 is 90.4 Å². The zero-order valence-electron chi connectivity index (χ0n) is 36.5. The average molecular weight is 1360 g/mol. The van der Waals surface area contributed by atoms with Crippen molar-refractivity contribution in [2.24, 2.45) is 4.99 Å². The summed E-state index contributed by atoms with van der Waals surface area (Å²) in [6.07, 6.45) is -0.0989. The van der Waals surface area contributed by atoms with Crippen LogP contribution in [0.2, 0.25) is 0 Å². The number of hydrogen-bond acceptors (Lipinski definition) is 17. The van der Waals surface area contributed by atoms with Crippen molar-refractivity contribution in [3.05, 3.63) is 73.9 Å². The lowest BCUT2D eigenvalue weighted by molar-refractivity contribution is -0.660. The fraction of sp³-hybridized carbons (Fsp3) is 0.463. The number of carboxylic acids is 1. The van der Waals surface area contributed by atoms with Crippen LogP contribution in [-0.4, -0.2) is 86.7 Å². The van der Waals surface area contributed by atoms with Crippen LogP contribution in [-0.2, 0) is 57.0 Å². The number of aliphatic imine (C=N–C) groups is 1. The molecule has 360 valence electrons. The fourth-order valence-electron chi connectivity index (χ4n) is 4.88. The molecule has 0 unspecified atom stereocenters. The van der Waals surface area contributed by atoms with E-state index in [2.05, 4.69) is 137 Å². The molecular weight excluding hydrogens is 1310 g/mol. The third-order valence-corrected chi connectivity index (χ3v) is 10.6. The van der Waals surface area contributed by atoms with Crippen LogP contribution in [0.5, 0.6) is 23.0 Å². The Morgan fingerprint density at radius 2 is 1.31 bits per heavy atom. The Kier molecular flexibility index (Phi) is 26.3. The van der Waals surface area contributed by atoms with Crippen molar-refractivity contribution in [3.8, 4) is 23.0 Å². The molecule has 65 heavy (non-hydrogen) atoms. The van der Waals surface area contributed by atoms with Gasteiger partial charge in [0.1, 0.15) is 34.3 Å². The lowest BCUT2D eigenvalue weighted by atomic mass is 10.1. The van der Waals surface area contributed by atoms with Crippen molar-refractivity contribution >= 4 is 114 Å². The molecular formula is C41H53I4N5O15. The Morgan fingerprint density at radius 1 is 0.677 bits per heavy atom. The number of hydrogen-bond donors (Lipinski definition) is 5. The van der Waals surface area contributed by atoms with Gasteiger partial charge in [0.15, 0.2) is 5.75 Å². The highest BCUT2D eigenvalue weighted by Crippen LogP contribution is 2.37. The maximum absolute atomic E-state index is 12.3. The Hall–Kier alpha value is -2.50. The molecule has 5 N–H and O–H groups in total. The summed E-state index contributed by atoms with van der Waals surface area (Å²) < 4.78 is 31.7. The first-order valence-corrected chi connectivity index (χ1v) is 24.1. The number of alkyl carbamates (subject to hydrolysis) is 1. The molecule has 0 fully saturated rings. The molecule has 3 aromatic carbocycles. The molecule has 0 atom stereocenters. The zero-order valence-corrected chi connectivity index (χ0v) is 45.1. The summed E-state index contributed by atoms with van der Waals surface area (Å²) in [5.74, 6) is 1.81. The normalized spacial score (nSPS) is 11.9. The number of aliphatic carboxylic acids is 1. The van der Waals surface area contributed by atoms with Gasteiger partial charge in [0.2, 0.25) is 13.6 Å². The quantitative estimate of drug-likeness (QED) is 0.00916. The summed E-state index contributed by atoms with van der Waals surface area (Å²) >= 11 is 8.78. The predicted octanol–water partition coefficient (Wildman–Crippen LogP) is 8.48.